The van der Waals surface area contributed by atoms with Gasteiger partial charge in [0.15, 0.2) is 0 Å². The second-order valence-corrected chi connectivity index (χ2v) is 3.86. The largest absolute Gasteiger partial charge is 0.460 e. The van der Waals surface area contributed by atoms with E-state index in [2.05, 4.69) is 11.9 Å². The predicted molar refractivity (Wildman–Crippen MR) is 65.3 cm³/mol. The van der Waals surface area contributed by atoms with Crippen LogP contribution in [0.15, 0.2) is 18.5 Å². The lowest BCUT2D eigenvalue weighted by atomic mass is 10.3. The van der Waals surface area contributed by atoms with Crippen LogP contribution in [0.1, 0.15) is 30.1 Å². The summed E-state index contributed by atoms with van der Waals surface area (Å²) in [5, 5.41) is 0.344. The van der Waals surface area contributed by atoms with Crippen molar-refractivity contribution < 1.29 is 14.3 Å². The molecule has 1 heterocycles. The van der Waals surface area contributed by atoms with E-state index in [1.807, 2.05) is 0 Å². The lowest BCUT2D eigenvalue weighted by Crippen LogP contribution is -2.11. The van der Waals surface area contributed by atoms with Crippen molar-refractivity contribution in [2.24, 2.45) is 0 Å². The van der Waals surface area contributed by atoms with E-state index in [4.69, 9.17) is 21.1 Å². The van der Waals surface area contributed by atoms with Gasteiger partial charge in [0.25, 0.3) is 0 Å². The average Bonchev–Trinajstić information content (AvgIpc) is 2.34. The van der Waals surface area contributed by atoms with Crippen molar-refractivity contribution in [2.45, 2.75) is 19.8 Å². The maximum absolute atomic E-state index is 11.6. The third kappa shape index (κ3) is 5.15. The average molecular weight is 258 g/mol. The molecule has 5 heteroatoms. The second kappa shape index (κ2) is 8.03. The summed E-state index contributed by atoms with van der Waals surface area (Å²) in [6.07, 6.45) is 5.02. The zero-order valence-corrected chi connectivity index (χ0v) is 10.6. The first-order valence-electron chi connectivity index (χ1n) is 5.60. The van der Waals surface area contributed by atoms with Gasteiger partial charge in [-0.2, -0.15) is 0 Å². The SMILES string of the molecule is CCCCOCCOC(=O)c1cnccc1Cl. The summed E-state index contributed by atoms with van der Waals surface area (Å²) in [5.41, 5.74) is 0.280. The maximum Gasteiger partial charge on any atom is 0.341 e. The van der Waals surface area contributed by atoms with Crippen molar-refractivity contribution in [3.63, 3.8) is 0 Å². The van der Waals surface area contributed by atoms with E-state index in [0.29, 0.717) is 18.2 Å². The van der Waals surface area contributed by atoms with Crippen LogP contribution >= 0.6 is 11.6 Å². The zero-order valence-electron chi connectivity index (χ0n) is 9.82. The Morgan fingerprint density at radius 3 is 2.94 bits per heavy atom. The summed E-state index contributed by atoms with van der Waals surface area (Å²) >= 11 is 5.83. The fourth-order valence-electron chi connectivity index (χ4n) is 1.15. The highest BCUT2D eigenvalue weighted by molar-refractivity contribution is 6.33. The Hall–Kier alpha value is -1.13. The quantitative estimate of drug-likeness (QED) is 0.557. The number of halogens is 1. The molecule has 0 aliphatic rings. The molecule has 0 unspecified atom stereocenters. The third-order valence-electron chi connectivity index (χ3n) is 2.09. The molecule has 0 saturated heterocycles. The van der Waals surface area contributed by atoms with Crippen LogP contribution in [-0.2, 0) is 9.47 Å². The second-order valence-electron chi connectivity index (χ2n) is 3.46. The van der Waals surface area contributed by atoms with Crippen LogP contribution in [0, 0.1) is 0 Å². The molecule has 1 rings (SSSR count). The minimum atomic E-state index is -0.470. The Kier molecular flexibility index (Phi) is 6.58. The number of esters is 1. The van der Waals surface area contributed by atoms with E-state index in [1.165, 1.54) is 12.4 Å². The van der Waals surface area contributed by atoms with Gasteiger partial charge in [0, 0.05) is 19.0 Å². The molecule has 0 radical (unpaired) electrons. The Morgan fingerprint density at radius 2 is 2.24 bits per heavy atom. The molecule has 0 aliphatic carbocycles. The van der Waals surface area contributed by atoms with Crippen LogP contribution in [0.5, 0.6) is 0 Å². The highest BCUT2D eigenvalue weighted by Crippen LogP contribution is 2.14. The van der Waals surface area contributed by atoms with Gasteiger partial charge in [0.1, 0.15) is 6.61 Å². The van der Waals surface area contributed by atoms with Gasteiger partial charge >= 0.3 is 5.97 Å². The number of ether oxygens (including phenoxy) is 2. The number of aromatic nitrogens is 1. The van der Waals surface area contributed by atoms with Crippen LogP contribution in [-0.4, -0.2) is 30.8 Å². The topological polar surface area (TPSA) is 48.4 Å². The van der Waals surface area contributed by atoms with Gasteiger partial charge in [-0.1, -0.05) is 24.9 Å². The lowest BCUT2D eigenvalue weighted by molar-refractivity contribution is 0.0313. The molecule has 0 bridgehead atoms. The fourth-order valence-corrected chi connectivity index (χ4v) is 1.33. The van der Waals surface area contributed by atoms with E-state index in [-0.39, 0.29) is 12.2 Å². The van der Waals surface area contributed by atoms with Gasteiger partial charge < -0.3 is 9.47 Å². The van der Waals surface area contributed by atoms with Crippen molar-refractivity contribution in [1.82, 2.24) is 4.98 Å². The monoisotopic (exact) mass is 257 g/mol. The highest BCUT2D eigenvalue weighted by Gasteiger charge is 2.11. The Labute approximate surface area is 106 Å². The van der Waals surface area contributed by atoms with E-state index in [9.17, 15) is 4.79 Å². The molecular weight excluding hydrogens is 242 g/mol. The molecule has 0 atom stereocenters. The van der Waals surface area contributed by atoms with Gasteiger partial charge in [-0.25, -0.2) is 4.79 Å². The summed E-state index contributed by atoms with van der Waals surface area (Å²) in [7, 11) is 0. The number of unbranched alkanes of at least 4 members (excludes halogenated alkanes) is 1. The summed E-state index contributed by atoms with van der Waals surface area (Å²) in [4.78, 5) is 15.4. The van der Waals surface area contributed by atoms with Gasteiger partial charge in [0.2, 0.25) is 0 Å². The Balaban J connectivity index is 2.24. The first-order chi connectivity index (χ1) is 8.25. The molecule has 0 N–H and O–H groups in total. The molecule has 17 heavy (non-hydrogen) atoms. The lowest BCUT2D eigenvalue weighted by Gasteiger charge is -2.06. The molecule has 1 aromatic rings. The number of pyridine rings is 1. The first-order valence-corrected chi connectivity index (χ1v) is 5.98. The molecule has 4 nitrogen and oxygen atoms in total. The molecule has 0 aliphatic heterocycles. The number of rotatable bonds is 7. The van der Waals surface area contributed by atoms with Crippen LogP contribution in [0.3, 0.4) is 0 Å². The van der Waals surface area contributed by atoms with Crippen molar-refractivity contribution >= 4 is 17.6 Å². The number of nitrogens with zero attached hydrogens (tertiary/aromatic N) is 1. The fraction of sp³-hybridized carbons (Fsp3) is 0.500. The molecule has 0 aromatic carbocycles. The van der Waals surface area contributed by atoms with E-state index in [1.54, 1.807) is 6.07 Å². The number of hydrogen-bond donors (Lipinski definition) is 0. The number of hydrogen-bond acceptors (Lipinski definition) is 4. The molecule has 0 fully saturated rings. The Morgan fingerprint density at radius 1 is 1.41 bits per heavy atom. The van der Waals surface area contributed by atoms with Crippen LogP contribution < -0.4 is 0 Å². The molecule has 0 amide bonds. The molecular formula is C12H16ClNO3. The van der Waals surface area contributed by atoms with Crippen molar-refractivity contribution in [1.29, 1.82) is 0 Å². The molecule has 0 saturated carbocycles. The summed E-state index contributed by atoms with van der Waals surface area (Å²) in [6.45, 7) is 3.42. The normalized spacial score (nSPS) is 10.2. The van der Waals surface area contributed by atoms with Crippen LogP contribution in [0.2, 0.25) is 5.02 Å². The van der Waals surface area contributed by atoms with Crippen molar-refractivity contribution in [2.75, 3.05) is 19.8 Å². The zero-order chi connectivity index (χ0) is 12.5. The smallest absolute Gasteiger partial charge is 0.341 e. The first kappa shape index (κ1) is 13.9. The summed E-state index contributed by atoms with van der Waals surface area (Å²) in [5.74, 6) is -0.470. The minimum Gasteiger partial charge on any atom is -0.460 e. The van der Waals surface area contributed by atoms with Gasteiger partial charge in [-0.05, 0) is 12.5 Å². The predicted octanol–water partition coefficient (Wildman–Crippen LogP) is 2.71. The van der Waals surface area contributed by atoms with Crippen LogP contribution in [0.25, 0.3) is 0 Å². The van der Waals surface area contributed by atoms with Gasteiger partial charge in [0.05, 0.1) is 17.2 Å². The van der Waals surface area contributed by atoms with E-state index < -0.39 is 5.97 Å². The maximum atomic E-state index is 11.6. The third-order valence-corrected chi connectivity index (χ3v) is 2.42. The minimum absolute atomic E-state index is 0.230. The van der Waals surface area contributed by atoms with Gasteiger partial charge in [-0.3, -0.25) is 4.98 Å². The van der Waals surface area contributed by atoms with E-state index in [0.717, 1.165) is 12.8 Å². The Bertz CT molecular complexity index is 357. The van der Waals surface area contributed by atoms with Crippen molar-refractivity contribution in [3.8, 4) is 0 Å². The summed E-state index contributed by atoms with van der Waals surface area (Å²) < 4.78 is 10.3. The highest BCUT2D eigenvalue weighted by atomic mass is 35.5. The van der Waals surface area contributed by atoms with Crippen molar-refractivity contribution in [3.05, 3.63) is 29.0 Å². The number of carbonyl (C=O) groups is 1. The number of carbonyl (C=O) groups excluding carboxylic acids is 1. The molecule has 0 spiro atoms. The summed E-state index contributed by atoms with van der Waals surface area (Å²) in [6, 6.07) is 1.55. The standard InChI is InChI=1S/C12H16ClNO3/c1-2-3-6-16-7-8-17-12(15)10-9-14-5-4-11(10)13/h4-5,9H,2-3,6-8H2,1H3. The van der Waals surface area contributed by atoms with E-state index >= 15 is 0 Å². The molecule has 1 aromatic heterocycles. The van der Waals surface area contributed by atoms with Crippen LogP contribution in [0.4, 0.5) is 0 Å². The van der Waals surface area contributed by atoms with Gasteiger partial charge in [-0.15, -0.1) is 0 Å². The molecule has 94 valence electrons.